The Morgan fingerprint density at radius 2 is 2.28 bits per heavy atom. The highest BCUT2D eigenvalue weighted by molar-refractivity contribution is 6.30. The lowest BCUT2D eigenvalue weighted by Gasteiger charge is -2.10. The molecule has 0 atom stereocenters. The number of nitrogens with one attached hydrogen (secondary N) is 2. The number of rotatable bonds is 4. The van der Waals surface area contributed by atoms with Crippen molar-refractivity contribution in [1.29, 1.82) is 0 Å². The Morgan fingerprint density at radius 3 is 2.94 bits per heavy atom. The number of hydrogen-bond acceptors (Lipinski definition) is 4. The molecule has 94 valence electrons. The van der Waals surface area contributed by atoms with Gasteiger partial charge in [-0.2, -0.15) is 0 Å². The van der Waals surface area contributed by atoms with Gasteiger partial charge in [-0.05, 0) is 19.8 Å². The van der Waals surface area contributed by atoms with E-state index in [-0.39, 0.29) is 0 Å². The Balaban J connectivity index is 1.81. The molecule has 2 N–H and O–H groups in total. The molecule has 0 unspecified atom stereocenters. The van der Waals surface area contributed by atoms with Crippen molar-refractivity contribution < 1.29 is 0 Å². The van der Waals surface area contributed by atoms with Crippen molar-refractivity contribution in [3.63, 3.8) is 0 Å². The summed E-state index contributed by atoms with van der Waals surface area (Å²) < 4.78 is 0. The molecule has 0 spiro atoms. The maximum atomic E-state index is 6.14. The van der Waals surface area contributed by atoms with E-state index >= 15 is 0 Å². The van der Waals surface area contributed by atoms with Crippen LogP contribution in [0.1, 0.15) is 35.8 Å². The molecule has 0 amide bonds. The van der Waals surface area contributed by atoms with E-state index in [4.69, 9.17) is 11.6 Å². The van der Waals surface area contributed by atoms with Gasteiger partial charge in [-0.1, -0.05) is 11.6 Å². The van der Waals surface area contributed by atoms with E-state index in [1.165, 1.54) is 12.8 Å². The summed E-state index contributed by atoms with van der Waals surface area (Å²) >= 11 is 6.14. The van der Waals surface area contributed by atoms with Gasteiger partial charge < -0.3 is 10.3 Å². The normalized spacial score (nSPS) is 14.8. The summed E-state index contributed by atoms with van der Waals surface area (Å²) in [5, 5.41) is 3.81. The molecule has 1 saturated carbocycles. The van der Waals surface area contributed by atoms with Crippen molar-refractivity contribution in [2.24, 2.45) is 0 Å². The minimum absolute atomic E-state index is 0.496. The molecule has 1 fully saturated rings. The Morgan fingerprint density at radius 1 is 1.44 bits per heavy atom. The largest absolute Gasteiger partial charge is 0.364 e. The van der Waals surface area contributed by atoms with Crippen LogP contribution in [0, 0.1) is 6.92 Å². The highest BCUT2D eigenvalue weighted by Gasteiger charge is 2.27. The molecule has 0 bridgehead atoms. The molecule has 18 heavy (non-hydrogen) atoms. The molecule has 2 aromatic rings. The van der Waals surface area contributed by atoms with Crippen LogP contribution in [-0.2, 0) is 6.54 Å². The molecule has 1 aliphatic carbocycles. The third-order valence-corrected chi connectivity index (χ3v) is 3.42. The maximum Gasteiger partial charge on any atom is 0.137 e. The second-order valence-electron chi connectivity index (χ2n) is 4.55. The zero-order valence-electron chi connectivity index (χ0n) is 10.1. The van der Waals surface area contributed by atoms with Gasteiger partial charge in [0.25, 0.3) is 0 Å². The quantitative estimate of drug-likeness (QED) is 0.833. The summed E-state index contributed by atoms with van der Waals surface area (Å²) in [5.74, 6) is 2.17. The van der Waals surface area contributed by atoms with E-state index in [2.05, 4.69) is 25.3 Å². The van der Waals surface area contributed by atoms with Crippen molar-refractivity contribution in [1.82, 2.24) is 19.9 Å². The molecule has 0 aliphatic heterocycles. The smallest absolute Gasteiger partial charge is 0.137 e. The first-order valence-electron chi connectivity index (χ1n) is 5.99. The van der Waals surface area contributed by atoms with Gasteiger partial charge in [0.15, 0.2) is 0 Å². The van der Waals surface area contributed by atoms with Crippen LogP contribution in [0.15, 0.2) is 12.5 Å². The molecule has 0 aromatic carbocycles. The number of anilines is 1. The predicted octanol–water partition coefficient (Wildman–Crippen LogP) is 2.65. The molecular formula is C12H14ClN5. The topological polar surface area (TPSA) is 66.5 Å². The molecule has 5 nitrogen and oxygen atoms in total. The average molecular weight is 264 g/mol. The third kappa shape index (κ3) is 2.31. The van der Waals surface area contributed by atoms with Crippen LogP contribution >= 0.6 is 11.6 Å². The first-order chi connectivity index (χ1) is 8.74. The van der Waals surface area contributed by atoms with Gasteiger partial charge in [-0.3, -0.25) is 0 Å². The molecule has 0 radical (unpaired) electrons. The van der Waals surface area contributed by atoms with Crippen LogP contribution in [0.25, 0.3) is 0 Å². The fourth-order valence-electron chi connectivity index (χ4n) is 1.76. The van der Waals surface area contributed by atoms with Gasteiger partial charge in [0.2, 0.25) is 0 Å². The molecule has 2 aromatic heterocycles. The van der Waals surface area contributed by atoms with Crippen LogP contribution < -0.4 is 5.32 Å². The maximum absolute atomic E-state index is 6.14. The number of halogens is 1. The zero-order chi connectivity index (χ0) is 12.5. The highest BCUT2D eigenvalue weighted by atomic mass is 35.5. The Bertz CT molecular complexity index is 548. The monoisotopic (exact) mass is 263 g/mol. The lowest BCUT2D eigenvalue weighted by Crippen LogP contribution is -2.07. The highest BCUT2D eigenvalue weighted by Crippen LogP contribution is 2.39. The van der Waals surface area contributed by atoms with Crippen LogP contribution in [0.2, 0.25) is 5.15 Å². The predicted molar refractivity (Wildman–Crippen MR) is 69.7 cm³/mol. The van der Waals surface area contributed by atoms with Crippen molar-refractivity contribution in [3.8, 4) is 0 Å². The Kier molecular flexibility index (Phi) is 2.91. The first-order valence-corrected chi connectivity index (χ1v) is 6.37. The number of aromatic amines is 1. The van der Waals surface area contributed by atoms with E-state index in [0.29, 0.717) is 17.6 Å². The Labute approximate surface area is 110 Å². The summed E-state index contributed by atoms with van der Waals surface area (Å²) in [7, 11) is 0. The zero-order valence-corrected chi connectivity index (χ0v) is 10.8. The van der Waals surface area contributed by atoms with Gasteiger partial charge in [0.1, 0.15) is 16.8 Å². The first kappa shape index (κ1) is 11.5. The van der Waals surface area contributed by atoms with E-state index < -0.39 is 0 Å². The van der Waals surface area contributed by atoms with Crippen LogP contribution in [0.4, 0.5) is 5.82 Å². The fourth-order valence-corrected chi connectivity index (χ4v) is 1.94. The van der Waals surface area contributed by atoms with Crippen molar-refractivity contribution >= 4 is 17.4 Å². The van der Waals surface area contributed by atoms with Crippen LogP contribution in [-0.4, -0.2) is 19.9 Å². The summed E-state index contributed by atoms with van der Waals surface area (Å²) in [5.41, 5.74) is 1.90. The standard InChI is InChI=1S/C12H14ClN5/c1-7-10(13)17-12(8-2-3-8)18-11(7)15-5-9-4-14-6-16-9/h4,6,8H,2-3,5H2,1H3,(H,14,16)(H,15,17,18). The number of H-pyrrole nitrogens is 1. The van der Waals surface area contributed by atoms with Crippen molar-refractivity contribution in [3.05, 3.63) is 34.8 Å². The second kappa shape index (κ2) is 4.57. The molecule has 6 heteroatoms. The Hall–Kier alpha value is -1.62. The molecule has 3 rings (SSSR count). The van der Waals surface area contributed by atoms with Gasteiger partial charge >= 0.3 is 0 Å². The molecule has 2 heterocycles. The number of imidazole rings is 1. The molecular weight excluding hydrogens is 250 g/mol. The SMILES string of the molecule is Cc1c(Cl)nc(C2CC2)nc1NCc1cnc[nH]1. The van der Waals surface area contributed by atoms with Gasteiger partial charge in [0, 0.05) is 17.7 Å². The minimum atomic E-state index is 0.496. The third-order valence-electron chi connectivity index (χ3n) is 3.05. The van der Waals surface area contributed by atoms with E-state index in [0.717, 1.165) is 22.9 Å². The van der Waals surface area contributed by atoms with E-state index in [1.807, 2.05) is 6.92 Å². The lowest BCUT2D eigenvalue weighted by atomic mass is 10.3. The minimum Gasteiger partial charge on any atom is -0.364 e. The summed E-state index contributed by atoms with van der Waals surface area (Å²) in [6.07, 6.45) is 5.78. The summed E-state index contributed by atoms with van der Waals surface area (Å²) in [6, 6.07) is 0. The second-order valence-corrected chi connectivity index (χ2v) is 4.91. The van der Waals surface area contributed by atoms with Gasteiger partial charge in [-0.25, -0.2) is 15.0 Å². The van der Waals surface area contributed by atoms with E-state index in [1.54, 1.807) is 12.5 Å². The number of hydrogen-bond donors (Lipinski definition) is 2. The van der Waals surface area contributed by atoms with Crippen molar-refractivity contribution in [2.75, 3.05) is 5.32 Å². The van der Waals surface area contributed by atoms with Gasteiger partial charge in [0.05, 0.1) is 18.6 Å². The van der Waals surface area contributed by atoms with Gasteiger partial charge in [-0.15, -0.1) is 0 Å². The van der Waals surface area contributed by atoms with E-state index in [9.17, 15) is 0 Å². The number of nitrogens with zero attached hydrogens (tertiary/aromatic N) is 3. The lowest BCUT2D eigenvalue weighted by molar-refractivity contribution is 0.909. The van der Waals surface area contributed by atoms with Crippen LogP contribution in [0.3, 0.4) is 0 Å². The molecule has 0 saturated heterocycles. The number of aromatic nitrogens is 4. The fraction of sp³-hybridized carbons (Fsp3) is 0.417. The average Bonchev–Trinajstić information content (AvgIpc) is 3.08. The summed E-state index contributed by atoms with van der Waals surface area (Å²) in [4.78, 5) is 15.9. The van der Waals surface area contributed by atoms with Crippen LogP contribution in [0.5, 0.6) is 0 Å². The molecule has 1 aliphatic rings. The van der Waals surface area contributed by atoms with Crippen molar-refractivity contribution in [2.45, 2.75) is 32.2 Å². The summed E-state index contributed by atoms with van der Waals surface area (Å²) in [6.45, 7) is 2.58.